The van der Waals surface area contributed by atoms with Gasteiger partial charge in [-0.1, -0.05) is 61.0 Å². The number of rotatable bonds is 19. The van der Waals surface area contributed by atoms with Crippen LogP contribution in [-0.4, -0.2) is 73.4 Å². The van der Waals surface area contributed by atoms with E-state index in [-0.39, 0.29) is 68.1 Å². The molecule has 0 aromatic heterocycles. The Hall–Kier alpha value is -7.70. The van der Waals surface area contributed by atoms with Crippen molar-refractivity contribution in [2.24, 2.45) is 10.9 Å². The van der Waals surface area contributed by atoms with E-state index in [4.69, 9.17) is 19.2 Å². The molecular weight excluding hydrogens is 951 g/mol. The number of thiol groups is 1. The predicted molar refractivity (Wildman–Crippen MR) is 279 cm³/mol. The number of aliphatic imine (C=N–C) groups is 1. The number of ether oxygens (including phenoxy) is 3. The predicted octanol–water partition coefficient (Wildman–Crippen LogP) is 7.94. The molecule has 73 heavy (non-hydrogen) atoms. The highest BCUT2D eigenvalue weighted by molar-refractivity contribution is 7.77. The maximum Gasteiger partial charge on any atom is 0.325 e. The topological polar surface area (TPSA) is 206 Å². The lowest BCUT2D eigenvalue weighted by Gasteiger charge is -2.22. The Morgan fingerprint density at radius 2 is 1.47 bits per heavy atom. The molecule has 4 heterocycles. The highest BCUT2D eigenvalue weighted by atomic mass is 32.1. The zero-order valence-electron chi connectivity index (χ0n) is 41.0. The lowest BCUT2D eigenvalue weighted by atomic mass is 9.99. The summed E-state index contributed by atoms with van der Waals surface area (Å²) in [4.78, 5) is 94.2. The number of benzene rings is 5. The number of nitrogens with one attached hydrogen (secondary N) is 4. The van der Waals surface area contributed by atoms with Crippen LogP contribution in [0.25, 0.3) is 0 Å². The summed E-state index contributed by atoms with van der Waals surface area (Å²) < 4.78 is 18.7. The monoisotopic (exact) mass is 1010 g/mol. The summed E-state index contributed by atoms with van der Waals surface area (Å²) in [6, 6.07) is 27.2. The minimum Gasteiger partial charge on any atom is -0.493 e. The quantitative estimate of drug-likeness (QED) is 0.0304. The molecule has 0 spiro atoms. The van der Waals surface area contributed by atoms with Gasteiger partial charge in [0.1, 0.15) is 19.0 Å². The fourth-order valence-electron chi connectivity index (χ4n) is 9.82. The van der Waals surface area contributed by atoms with Gasteiger partial charge in [0.15, 0.2) is 17.3 Å². The van der Waals surface area contributed by atoms with Crippen molar-refractivity contribution in [2.45, 2.75) is 97.1 Å². The summed E-state index contributed by atoms with van der Waals surface area (Å²) in [5.74, 6) is -1.35. The van der Waals surface area contributed by atoms with Gasteiger partial charge in [-0.25, -0.2) is 0 Å². The zero-order chi connectivity index (χ0) is 51.3. The molecule has 0 saturated carbocycles. The van der Waals surface area contributed by atoms with Crippen molar-refractivity contribution < 1.29 is 47.8 Å². The van der Waals surface area contributed by atoms with Crippen molar-refractivity contribution in [3.63, 3.8) is 0 Å². The van der Waals surface area contributed by atoms with E-state index in [1.165, 1.54) is 7.11 Å². The second-order valence-corrected chi connectivity index (χ2v) is 19.0. The Balaban J connectivity index is 0.913. The molecule has 0 bridgehead atoms. The number of hydrogen-bond acceptors (Lipinski definition) is 14. The Kier molecular flexibility index (Phi) is 15.1. The van der Waals surface area contributed by atoms with Gasteiger partial charge in [-0.3, -0.25) is 38.7 Å². The molecule has 5 aromatic carbocycles. The van der Waals surface area contributed by atoms with Crippen molar-refractivity contribution in [1.29, 1.82) is 0 Å². The van der Waals surface area contributed by atoms with Crippen LogP contribution in [0.1, 0.15) is 94.5 Å². The van der Waals surface area contributed by atoms with Gasteiger partial charge in [0.05, 0.1) is 47.7 Å². The second-order valence-electron chi connectivity index (χ2n) is 18.8. The third-order valence-electron chi connectivity index (χ3n) is 13.6. The summed E-state index contributed by atoms with van der Waals surface area (Å²) in [6.45, 7) is 5.77. The highest BCUT2D eigenvalue weighted by Crippen LogP contribution is 2.42. The first kappa shape index (κ1) is 50.2. The van der Waals surface area contributed by atoms with Gasteiger partial charge in [0, 0.05) is 73.6 Å². The molecule has 4 N–H and O–H groups in total. The van der Waals surface area contributed by atoms with E-state index < -0.39 is 23.8 Å². The molecule has 5 aromatic rings. The maximum atomic E-state index is 14.1. The number of nitrogens with zero attached hydrogens (tertiary/aromatic N) is 3. The lowest BCUT2D eigenvalue weighted by molar-refractivity contribution is -0.146. The first-order valence-electron chi connectivity index (χ1n) is 24.4. The van der Waals surface area contributed by atoms with Crippen LogP contribution in [0.3, 0.4) is 0 Å². The van der Waals surface area contributed by atoms with E-state index >= 15 is 0 Å². The fraction of sp³-hybridized carbons (Fsp3) is 0.327. The van der Waals surface area contributed by atoms with Crippen molar-refractivity contribution in [1.82, 2.24) is 10.2 Å². The Morgan fingerprint density at radius 1 is 0.795 bits per heavy atom. The maximum absolute atomic E-state index is 14.1. The Bertz CT molecular complexity index is 3030. The number of fused-ring (bicyclic) bond motifs is 8. The minimum absolute atomic E-state index is 0.0124. The van der Waals surface area contributed by atoms with Crippen LogP contribution in [0.5, 0.6) is 17.2 Å². The van der Waals surface area contributed by atoms with Crippen LogP contribution in [0, 0.1) is 12.8 Å². The van der Waals surface area contributed by atoms with Gasteiger partial charge < -0.3 is 39.9 Å². The number of amides is 4. The number of anilines is 4. The first-order valence-corrected chi connectivity index (χ1v) is 24.8. The van der Waals surface area contributed by atoms with E-state index in [2.05, 4.69) is 39.7 Å². The molecule has 4 aliphatic heterocycles. The molecule has 17 nitrogen and oxygen atoms in total. The number of Topliss-reactive ketones (excluding diaryl/α,β-unsaturated/α-hetero) is 1. The van der Waals surface area contributed by atoms with Crippen LogP contribution in [0.4, 0.5) is 28.4 Å². The standard InChI is InChI=1S/C55H57N7O10S/c1-31-17-41-43(56-27-39-22-36-11-5-7-13-45(36)61(39)54(41)67)25-48(31)70-29-34-19-35(21-38(20-34)59-53(66)32(2)18-47(63)33(3)58-51(64)15-9-10-16-52(65)72-60-73)30-71-50-26-44-42(24-49(50)69-4)55(68)62-40(28-57-44)23-37-12-6-8-14-46(37)62/h5-8,11-14,17,19-21,24-26,28,32-33,39-40,56,60,73H,9-10,15-16,18,22-23,27,29-30H2,1-4H3,(H,58,64)(H,59,66)/t32-,33+,39+,40+/m1/s1. The minimum atomic E-state index is -0.841. The molecule has 4 aliphatic rings. The smallest absolute Gasteiger partial charge is 0.325 e. The van der Waals surface area contributed by atoms with E-state index in [9.17, 15) is 28.8 Å². The number of carbonyl (C=O) groups is 6. The third-order valence-corrected chi connectivity index (χ3v) is 13.7. The first-order chi connectivity index (χ1) is 35.3. The Labute approximate surface area is 428 Å². The molecule has 0 fully saturated rings. The number of ketones is 1. The van der Waals surface area contributed by atoms with Crippen LogP contribution in [0.15, 0.2) is 96.0 Å². The number of carbonyl (C=O) groups excluding carboxylic acids is 6. The summed E-state index contributed by atoms with van der Waals surface area (Å²) >= 11 is 3.62. The van der Waals surface area contributed by atoms with Gasteiger partial charge in [-0.05, 0) is 103 Å². The number of hydrogen-bond donors (Lipinski definition) is 5. The lowest BCUT2D eigenvalue weighted by Crippen LogP contribution is -2.39. The molecule has 18 heteroatoms. The third kappa shape index (κ3) is 11.0. The van der Waals surface area contributed by atoms with Crippen molar-refractivity contribution in [2.75, 3.05) is 34.1 Å². The normalized spacial score (nSPS) is 16.7. The van der Waals surface area contributed by atoms with E-state index in [1.54, 1.807) is 49.2 Å². The van der Waals surface area contributed by atoms with Gasteiger partial charge >= 0.3 is 5.97 Å². The number of unbranched alkanes of at least 4 members (excludes halogenated alkanes) is 1. The summed E-state index contributed by atoms with van der Waals surface area (Å²) in [7, 11) is 1.50. The molecule has 4 atom stereocenters. The largest absolute Gasteiger partial charge is 0.493 e. The van der Waals surface area contributed by atoms with Gasteiger partial charge in [0.2, 0.25) is 11.8 Å². The molecule has 0 radical (unpaired) electrons. The van der Waals surface area contributed by atoms with E-state index in [0.29, 0.717) is 82.4 Å². The van der Waals surface area contributed by atoms with Crippen LogP contribution < -0.4 is 44.8 Å². The van der Waals surface area contributed by atoms with Gasteiger partial charge in [-0.2, -0.15) is 0 Å². The molecular formula is C55H57N7O10S. The summed E-state index contributed by atoms with van der Waals surface area (Å²) in [6.07, 6.45) is 4.12. The van der Waals surface area contributed by atoms with E-state index in [0.717, 1.165) is 34.5 Å². The SMILES string of the molecule is COc1cc2c(cc1OCc1cc(COc3cc4c(cc3C)C(=O)N3c5ccccc5C[C@H]3CN4)cc(NC(=O)[C@H](C)CC(=O)[C@H](C)NC(=O)CCCCC(=O)ONS)c1)N=C[C@@H]1Cc3ccccc3N1C2=O. The number of para-hydroxylation sites is 2. The fourth-order valence-corrected chi connectivity index (χ4v) is 9.93. The zero-order valence-corrected chi connectivity index (χ0v) is 41.9. The van der Waals surface area contributed by atoms with Gasteiger partial charge in [-0.15, -0.1) is 0 Å². The van der Waals surface area contributed by atoms with Crippen molar-refractivity contribution in [3.8, 4) is 17.2 Å². The highest BCUT2D eigenvalue weighted by Gasteiger charge is 2.38. The molecule has 378 valence electrons. The Morgan fingerprint density at radius 3 is 2.19 bits per heavy atom. The second kappa shape index (κ2) is 22.0. The van der Waals surface area contributed by atoms with Crippen molar-refractivity contribution in [3.05, 3.63) is 130 Å². The molecule has 4 amide bonds. The van der Waals surface area contributed by atoms with E-state index in [1.807, 2.05) is 77.4 Å². The van der Waals surface area contributed by atoms with Crippen LogP contribution in [0.2, 0.25) is 0 Å². The van der Waals surface area contributed by atoms with Gasteiger partial charge in [0.25, 0.3) is 11.8 Å². The molecule has 0 aliphatic carbocycles. The molecule has 0 unspecified atom stereocenters. The average Bonchev–Trinajstić information content (AvgIpc) is 3.88. The summed E-state index contributed by atoms with van der Waals surface area (Å²) in [5, 5.41) is 9.16. The average molecular weight is 1010 g/mol. The summed E-state index contributed by atoms with van der Waals surface area (Å²) in [5.41, 5.74) is 8.61. The molecule has 0 saturated heterocycles. The van der Waals surface area contributed by atoms with Crippen LogP contribution in [-0.2, 0) is 50.1 Å². The number of aryl methyl sites for hydroxylation is 1. The van der Waals surface area contributed by atoms with Crippen LogP contribution >= 0.6 is 12.8 Å². The molecule has 9 rings (SSSR count). The number of methoxy groups -OCH3 is 1. The van der Waals surface area contributed by atoms with Crippen molar-refractivity contribution >= 4 is 82.8 Å².